The van der Waals surface area contributed by atoms with E-state index >= 15 is 0 Å². The Labute approximate surface area is 63.4 Å². The van der Waals surface area contributed by atoms with Gasteiger partial charge in [-0.15, -0.1) is 12.2 Å². The fraction of sp³-hybridized carbons (Fsp3) is 0.167. The molecular formula is C6H7Zr-. The molecule has 0 saturated carbocycles. The summed E-state index contributed by atoms with van der Waals surface area (Å²) in [7, 11) is 0. The van der Waals surface area contributed by atoms with Gasteiger partial charge in [0.2, 0.25) is 0 Å². The summed E-state index contributed by atoms with van der Waals surface area (Å²) in [5, 5.41) is 0. The van der Waals surface area contributed by atoms with Gasteiger partial charge in [0, 0.05) is 26.2 Å². The molecular weight excluding hydrogens is 163 g/mol. The van der Waals surface area contributed by atoms with E-state index in [4.69, 9.17) is 0 Å². The van der Waals surface area contributed by atoms with Crippen molar-refractivity contribution in [3.8, 4) is 0 Å². The minimum absolute atomic E-state index is 0. The Balaban J connectivity index is 0.000000360. The van der Waals surface area contributed by atoms with Gasteiger partial charge in [-0.05, 0) is 6.42 Å². The van der Waals surface area contributed by atoms with Gasteiger partial charge in [-0.3, -0.25) is 0 Å². The zero-order valence-electron chi connectivity index (χ0n) is 4.15. The average molecular weight is 170 g/mol. The predicted octanol–water partition coefficient (Wildman–Crippen LogP) is 1.70. The topological polar surface area (TPSA) is 0 Å². The third-order valence-corrected chi connectivity index (χ3v) is 0.848. The zero-order valence-corrected chi connectivity index (χ0v) is 6.60. The van der Waals surface area contributed by atoms with Crippen LogP contribution in [0.2, 0.25) is 0 Å². The molecule has 1 heteroatoms. The number of allylic oxidation sites excluding steroid dienone is 4. The molecule has 0 saturated heterocycles. The van der Waals surface area contributed by atoms with E-state index < -0.39 is 0 Å². The molecule has 1 aliphatic rings. The molecule has 7 heavy (non-hydrogen) atoms. The Hall–Kier alpha value is 0.233. The van der Waals surface area contributed by atoms with Gasteiger partial charge in [0.25, 0.3) is 0 Å². The fourth-order valence-corrected chi connectivity index (χ4v) is 0.492. The van der Waals surface area contributed by atoms with E-state index in [1.54, 1.807) is 0 Å². The first kappa shape index (κ1) is 7.23. The average Bonchev–Trinajstić information content (AvgIpc) is 1.86. The summed E-state index contributed by atoms with van der Waals surface area (Å²) in [5.41, 5.74) is 1.22. The van der Waals surface area contributed by atoms with Crippen molar-refractivity contribution in [3.63, 3.8) is 0 Å². The van der Waals surface area contributed by atoms with E-state index in [9.17, 15) is 0 Å². The van der Waals surface area contributed by atoms with E-state index in [1.807, 2.05) is 12.2 Å². The largest absolute Gasteiger partial charge is 0.241 e. The Morgan fingerprint density at radius 2 is 2.29 bits per heavy atom. The van der Waals surface area contributed by atoms with Crippen molar-refractivity contribution in [2.75, 3.05) is 0 Å². The van der Waals surface area contributed by atoms with Crippen LogP contribution in [0, 0.1) is 6.92 Å². The van der Waals surface area contributed by atoms with Crippen LogP contribution in [0.3, 0.4) is 0 Å². The SMILES string of the molecule is [CH2-]C1=CC=CC1.[Zr]. The van der Waals surface area contributed by atoms with Crippen molar-refractivity contribution < 1.29 is 26.2 Å². The van der Waals surface area contributed by atoms with Crippen molar-refractivity contribution in [2.24, 2.45) is 0 Å². The second-order valence-electron chi connectivity index (χ2n) is 1.46. The minimum atomic E-state index is 0. The minimum Gasteiger partial charge on any atom is -0.241 e. The monoisotopic (exact) mass is 169 g/mol. The standard InChI is InChI=1S/C6H7.Zr/c1-6-4-2-3-5-6;/h2-4H,1,5H2;/q-1;. The van der Waals surface area contributed by atoms with Gasteiger partial charge >= 0.3 is 0 Å². The predicted molar refractivity (Wildman–Crippen MR) is 27.2 cm³/mol. The van der Waals surface area contributed by atoms with E-state index in [0.717, 1.165) is 6.42 Å². The van der Waals surface area contributed by atoms with Crippen LogP contribution in [0.25, 0.3) is 0 Å². The van der Waals surface area contributed by atoms with Gasteiger partial charge < -0.3 is 0 Å². The number of hydrogen-bond donors (Lipinski definition) is 0. The van der Waals surface area contributed by atoms with Crippen LogP contribution in [0.4, 0.5) is 0 Å². The molecule has 1 rings (SSSR count). The zero-order chi connectivity index (χ0) is 4.41. The van der Waals surface area contributed by atoms with Gasteiger partial charge in [-0.25, -0.2) is 18.6 Å². The summed E-state index contributed by atoms with van der Waals surface area (Å²) in [5.74, 6) is 0. The van der Waals surface area contributed by atoms with E-state index in [-0.39, 0.29) is 26.2 Å². The second-order valence-corrected chi connectivity index (χ2v) is 1.46. The third-order valence-electron chi connectivity index (χ3n) is 0.848. The quantitative estimate of drug-likeness (QED) is 0.486. The van der Waals surface area contributed by atoms with E-state index in [2.05, 4.69) is 13.0 Å². The maximum atomic E-state index is 3.74. The van der Waals surface area contributed by atoms with Gasteiger partial charge in [-0.1, -0.05) is 0 Å². The maximum absolute atomic E-state index is 3.74. The smallest absolute Gasteiger partial charge is 0 e. The molecule has 36 valence electrons. The Kier molecular flexibility index (Phi) is 3.37. The summed E-state index contributed by atoms with van der Waals surface area (Å²) in [4.78, 5) is 0. The summed E-state index contributed by atoms with van der Waals surface area (Å²) < 4.78 is 0. The first-order chi connectivity index (χ1) is 2.89. The van der Waals surface area contributed by atoms with Crippen molar-refractivity contribution in [1.29, 1.82) is 0 Å². The summed E-state index contributed by atoms with van der Waals surface area (Å²) >= 11 is 0. The van der Waals surface area contributed by atoms with Gasteiger partial charge in [0.1, 0.15) is 0 Å². The first-order valence-corrected chi connectivity index (χ1v) is 2.07. The molecule has 0 bridgehead atoms. The number of hydrogen-bond acceptors (Lipinski definition) is 0. The van der Waals surface area contributed by atoms with Crippen LogP contribution in [0.1, 0.15) is 6.42 Å². The molecule has 0 aromatic rings. The van der Waals surface area contributed by atoms with E-state index in [1.165, 1.54) is 5.57 Å². The third kappa shape index (κ3) is 2.13. The van der Waals surface area contributed by atoms with Crippen molar-refractivity contribution in [3.05, 3.63) is 30.7 Å². The molecule has 0 aromatic heterocycles. The van der Waals surface area contributed by atoms with Gasteiger partial charge in [-0.2, -0.15) is 0 Å². The molecule has 0 atom stereocenters. The Morgan fingerprint density at radius 3 is 2.43 bits per heavy atom. The summed E-state index contributed by atoms with van der Waals surface area (Å²) in [6.45, 7) is 3.74. The number of rotatable bonds is 0. The van der Waals surface area contributed by atoms with Gasteiger partial charge in [0.05, 0.1) is 0 Å². The van der Waals surface area contributed by atoms with Crippen LogP contribution in [0.5, 0.6) is 0 Å². The normalized spacial score (nSPS) is 15.7. The fourth-order valence-electron chi connectivity index (χ4n) is 0.492. The molecule has 1 aliphatic carbocycles. The molecule has 0 unspecified atom stereocenters. The molecule has 0 heterocycles. The molecule has 0 spiro atoms. The Bertz CT molecular complexity index is 101. The van der Waals surface area contributed by atoms with E-state index in [0.29, 0.717) is 0 Å². The van der Waals surface area contributed by atoms with Gasteiger partial charge in [0.15, 0.2) is 0 Å². The molecule has 0 fully saturated rings. The summed E-state index contributed by atoms with van der Waals surface area (Å²) in [6.07, 6.45) is 7.21. The van der Waals surface area contributed by atoms with Crippen LogP contribution < -0.4 is 0 Å². The van der Waals surface area contributed by atoms with Crippen LogP contribution >= 0.6 is 0 Å². The second kappa shape index (κ2) is 3.26. The molecule has 0 aliphatic heterocycles. The van der Waals surface area contributed by atoms with Crippen LogP contribution in [-0.4, -0.2) is 0 Å². The molecule has 0 radical (unpaired) electrons. The molecule has 0 aromatic carbocycles. The van der Waals surface area contributed by atoms with Crippen LogP contribution in [-0.2, 0) is 26.2 Å². The Morgan fingerprint density at radius 1 is 1.57 bits per heavy atom. The van der Waals surface area contributed by atoms with Crippen molar-refractivity contribution in [2.45, 2.75) is 6.42 Å². The molecule has 0 nitrogen and oxygen atoms in total. The maximum Gasteiger partial charge on any atom is 0 e. The van der Waals surface area contributed by atoms with Crippen molar-refractivity contribution >= 4 is 0 Å². The summed E-state index contributed by atoms with van der Waals surface area (Å²) in [6, 6.07) is 0. The molecule has 0 amide bonds. The van der Waals surface area contributed by atoms with Crippen LogP contribution in [0.15, 0.2) is 23.8 Å². The first-order valence-electron chi connectivity index (χ1n) is 2.07. The van der Waals surface area contributed by atoms with Crippen molar-refractivity contribution in [1.82, 2.24) is 0 Å². The molecule has 0 N–H and O–H groups in total.